The summed E-state index contributed by atoms with van der Waals surface area (Å²) in [4.78, 5) is 25.8. The van der Waals surface area contributed by atoms with E-state index >= 15 is 0 Å². The van der Waals surface area contributed by atoms with E-state index in [9.17, 15) is 9.59 Å². The number of methoxy groups -OCH3 is 2. The number of hydrogen-bond donors (Lipinski definition) is 0. The molecule has 0 bridgehead atoms. The first-order chi connectivity index (χ1) is 15.0. The van der Waals surface area contributed by atoms with Crippen molar-refractivity contribution < 1.29 is 23.8 Å². The van der Waals surface area contributed by atoms with Gasteiger partial charge in [0.25, 0.3) is 5.91 Å². The molecule has 0 saturated heterocycles. The Bertz CT molecular complexity index is 1090. The van der Waals surface area contributed by atoms with Crippen molar-refractivity contribution in [1.29, 1.82) is 0 Å². The van der Waals surface area contributed by atoms with E-state index in [0.29, 0.717) is 6.54 Å². The molecule has 31 heavy (non-hydrogen) atoms. The number of fused-ring (bicyclic) bond motifs is 1. The summed E-state index contributed by atoms with van der Waals surface area (Å²) in [6, 6.07) is 19.1. The van der Waals surface area contributed by atoms with Gasteiger partial charge < -0.3 is 19.1 Å². The maximum absolute atomic E-state index is 12.3. The van der Waals surface area contributed by atoms with Crippen LogP contribution >= 0.6 is 0 Å². The smallest absolute Gasteiger partial charge is 0.331 e. The Kier molecular flexibility index (Phi) is 7.27. The fourth-order valence-electron chi connectivity index (χ4n) is 3.03. The summed E-state index contributed by atoms with van der Waals surface area (Å²) < 4.78 is 15.4. The molecule has 0 radical (unpaired) electrons. The van der Waals surface area contributed by atoms with E-state index in [1.54, 1.807) is 39.5 Å². The van der Waals surface area contributed by atoms with Crippen molar-refractivity contribution in [3.8, 4) is 11.5 Å². The third-order valence-electron chi connectivity index (χ3n) is 4.82. The predicted octanol–water partition coefficient (Wildman–Crippen LogP) is 4.07. The van der Waals surface area contributed by atoms with Crippen molar-refractivity contribution in [2.24, 2.45) is 0 Å². The number of benzene rings is 3. The summed E-state index contributed by atoms with van der Waals surface area (Å²) in [6.45, 7) is 0.104. The molecule has 160 valence electrons. The van der Waals surface area contributed by atoms with E-state index < -0.39 is 5.97 Å². The maximum Gasteiger partial charge on any atom is 0.331 e. The largest absolute Gasteiger partial charge is 0.497 e. The van der Waals surface area contributed by atoms with Gasteiger partial charge in [-0.1, -0.05) is 30.3 Å². The van der Waals surface area contributed by atoms with Crippen molar-refractivity contribution in [3.05, 3.63) is 77.9 Å². The van der Waals surface area contributed by atoms with Crippen molar-refractivity contribution >= 4 is 28.7 Å². The summed E-state index contributed by atoms with van der Waals surface area (Å²) in [7, 11) is 4.91. The summed E-state index contributed by atoms with van der Waals surface area (Å²) in [6.07, 6.45) is 2.92. The zero-order valence-corrected chi connectivity index (χ0v) is 17.8. The van der Waals surface area contributed by atoms with Gasteiger partial charge in [-0.15, -0.1) is 0 Å². The van der Waals surface area contributed by atoms with Gasteiger partial charge in [0.1, 0.15) is 11.5 Å². The molecule has 3 aromatic carbocycles. The van der Waals surface area contributed by atoms with Crippen molar-refractivity contribution in [2.75, 3.05) is 27.9 Å². The molecule has 0 atom stereocenters. The molecule has 6 nitrogen and oxygen atoms in total. The molecule has 0 unspecified atom stereocenters. The van der Waals surface area contributed by atoms with Gasteiger partial charge in [-0.25, -0.2) is 4.79 Å². The number of rotatable bonds is 8. The summed E-state index contributed by atoms with van der Waals surface area (Å²) >= 11 is 0. The van der Waals surface area contributed by atoms with Gasteiger partial charge in [0.15, 0.2) is 6.61 Å². The Hall–Kier alpha value is -3.80. The van der Waals surface area contributed by atoms with Crippen LogP contribution in [0, 0.1) is 0 Å². The van der Waals surface area contributed by atoms with Crippen LogP contribution in [0.15, 0.2) is 66.7 Å². The third-order valence-corrected chi connectivity index (χ3v) is 4.82. The standard InChI is InChI=1S/C25H25NO5/c1-26(16-19-4-8-21-15-23(30-3)12-9-20(21)14-19)24(27)17-31-25(28)13-7-18-5-10-22(29-2)11-6-18/h4-15H,16-17H2,1-3H3/b13-7+. The molecule has 3 aromatic rings. The highest BCUT2D eigenvalue weighted by atomic mass is 16.5. The molecule has 0 aliphatic carbocycles. The van der Waals surface area contributed by atoms with Crippen molar-refractivity contribution in [1.82, 2.24) is 4.90 Å². The second kappa shape index (κ2) is 10.3. The first kappa shape index (κ1) is 21.9. The normalized spacial score (nSPS) is 10.8. The molecular weight excluding hydrogens is 394 g/mol. The SMILES string of the molecule is COc1ccc(/C=C/C(=O)OCC(=O)N(C)Cc2ccc3cc(OC)ccc3c2)cc1. The molecule has 0 saturated carbocycles. The Balaban J connectivity index is 1.51. The van der Waals surface area contributed by atoms with E-state index in [-0.39, 0.29) is 12.5 Å². The van der Waals surface area contributed by atoms with Gasteiger partial charge in [0, 0.05) is 19.7 Å². The highest BCUT2D eigenvalue weighted by molar-refractivity contribution is 5.89. The molecule has 6 heteroatoms. The number of nitrogens with zero attached hydrogens (tertiary/aromatic N) is 1. The minimum Gasteiger partial charge on any atom is -0.497 e. The Morgan fingerprint density at radius 1 is 0.871 bits per heavy atom. The van der Waals surface area contributed by atoms with Crippen molar-refractivity contribution in [3.63, 3.8) is 0 Å². The van der Waals surface area contributed by atoms with Crippen LogP contribution in [0.25, 0.3) is 16.8 Å². The topological polar surface area (TPSA) is 65.1 Å². The molecule has 3 rings (SSSR count). The molecule has 0 aliphatic rings. The highest BCUT2D eigenvalue weighted by Crippen LogP contribution is 2.22. The predicted molar refractivity (Wildman–Crippen MR) is 120 cm³/mol. The highest BCUT2D eigenvalue weighted by Gasteiger charge is 2.12. The number of ether oxygens (including phenoxy) is 3. The third kappa shape index (κ3) is 6.09. The summed E-state index contributed by atoms with van der Waals surface area (Å²) in [5, 5.41) is 2.13. The van der Waals surface area contributed by atoms with Gasteiger partial charge in [-0.2, -0.15) is 0 Å². The van der Waals surface area contributed by atoms with E-state index in [1.807, 2.05) is 48.5 Å². The van der Waals surface area contributed by atoms with Gasteiger partial charge in [-0.3, -0.25) is 4.79 Å². The number of hydrogen-bond acceptors (Lipinski definition) is 5. The van der Waals surface area contributed by atoms with E-state index in [0.717, 1.165) is 33.4 Å². The van der Waals surface area contributed by atoms with Gasteiger partial charge >= 0.3 is 5.97 Å². The number of likely N-dealkylation sites (N-methyl/N-ethyl adjacent to an activating group) is 1. The molecule has 0 heterocycles. The molecule has 1 amide bonds. The quantitative estimate of drug-likeness (QED) is 0.407. The lowest BCUT2D eigenvalue weighted by Crippen LogP contribution is -2.30. The zero-order chi connectivity index (χ0) is 22.2. The number of esters is 1. The lowest BCUT2D eigenvalue weighted by Gasteiger charge is -2.17. The van der Waals surface area contributed by atoms with Crippen LogP contribution < -0.4 is 9.47 Å². The maximum atomic E-state index is 12.3. The number of amides is 1. The average molecular weight is 419 g/mol. The lowest BCUT2D eigenvalue weighted by molar-refractivity contribution is -0.147. The van der Waals surface area contributed by atoms with E-state index in [1.165, 1.54) is 11.0 Å². The van der Waals surface area contributed by atoms with E-state index in [2.05, 4.69) is 0 Å². The number of carbonyl (C=O) groups excluding carboxylic acids is 2. The first-order valence-corrected chi connectivity index (χ1v) is 9.78. The van der Waals surface area contributed by atoms with E-state index in [4.69, 9.17) is 14.2 Å². The minimum absolute atomic E-state index is 0.277. The Morgan fingerprint density at radius 2 is 1.52 bits per heavy atom. The Morgan fingerprint density at radius 3 is 2.23 bits per heavy atom. The van der Waals surface area contributed by atoms with Crippen LogP contribution in [-0.2, 0) is 20.9 Å². The molecule has 0 aliphatic heterocycles. The van der Waals surface area contributed by atoms with Crippen LogP contribution in [-0.4, -0.2) is 44.7 Å². The Labute approximate surface area is 181 Å². The van der Waals surface area contributed by atoms with Crippen LogP contribution in [0.4, 0.5) is 0 Å². The molecule has 0 N–H and O–H groups in total. The fraction of sp³-hybridized carbons (Fsp3) is 0.200. The van der Waals surface area contributed by atoms with Gasteiger partial charge in [0.2, 0.25) is 0 Å². The first-order valence-electron chi connectivity index (χ1n) is 9.78. The molecule has 0 aromatic heterocycles. The second-order valence-electron chi connectivity index (χ2n) is 7.01. The number of carbonyl (C=O) groups is 2. The monoisotopic (exact) mass is 419 g/mol. The van der Waals surface area contributed by atoms with Crippen LogP contribution in [0.2, 0.25) is 0 Å². The summed E-state index contributed by atoms with van der Waals surface area (Å²) in [5.74, 6) is 0.688. The van der Waals surface area contributed by atoms with Crippen molar-refractivity contribution in [2.45, 2.75) is 6.54 Å². The minimum atomic E-state index is -0.572. The zero-order valence-electron chi connectivity index (χ0n) is 17.8. The molecule has 0 fully saturated rings. The second-order valence-corrected chi connectivity index (χ2v) is 7.01. The van der Waals surface area contributed by atoms with Crippen LogP contribution in [0.1, 0.15) is 11.1 Å². The van der Waals surface area contributed by atoms with Gasteiger partial charge in [0.05, 0.1) is 14.2 Å². The van der Waals surface area contributed by atoms with Gasteiger partial charge in [-0.05, 0) is 58.3 Å². The fourth-order valence-corrected chi connectivity index (χ4v) is 3.03. The van der Waals surface area contributed by atoms with Crippen LogP contribution in [0.5, 0.6) is 11.5 Å². The molecule has 0 spiro atoms. The van der Waals surface area contributed by atoms with Crippen LogP contribution in [0.3, 0.4) is 0 Å². The average Bonchev–Trinajstić information content (AvgIpc) is 2.81. The lowest BCUT2D eigenvalue weighted by atomic mass is 10.1. The molecular formula is C25H25NO5. The summed E-state index contributed by atoms with van der Waals surface area (Å²) in [5.41, 5.74) is 1.81.